The van der Waals surface area contributed by atoms with Crippen LogP contribution in [0, 0.1) is 0 Å². The highest BCUT2D eigenvalue weighted by molar-refractivity contribution is 5.34. The molecule has 0 bridgehead atoms. The lowest BCUT2D eigenvalue weighted by atomic mass is 10.3. The molecule has 0 aliphatic heterocycles. The van der Waals surface area contributed by atoms with E-state index in [9.17, 15) is 13.2 Å². The van der Waals surface area contributed by atoms with Gasteiger partial charge >= 0.3 is 6.18 Å². The molecule has 0 amide bonds. The van der Waals surface area contributed by atoms with Gasteiger partial charge in [0, 0.05) is 13.1 Å². The molecule has 0 radical (unpaired) electrons. The standard InChI is InChI=1S/C9H12F3N3/c10-9(11,12)3-4-14-6-8-2-1-7(13)5-15-8/h1-2,5,14H,3-4,6,13H2. The summed E-state index contributed by atoms with van der Waals surface area (Å²) < 4.78 is 35.3. The van der Waals surface area contributed by atoms with Crippen LogP contribution in [-0.4, -0.2) is 17.7 Å². The number of alkyl halides is 3. The lowest BCUT2D eigenvalue weighted by Gasteiger charge is -2.07. The first-order chi connectivity index (χ1) is 6.97. The highest BCUT2D eigenvalue weighted by atomic mass is 19.4. The van der Waals surface area contributed by atoms with Crippen LogP contribution >= 0.6 is 0 Å². The van der Waals surface area contributed by atoms with Gasteiger partial charge < -0.3 is 11.1 Å². The topological polar surface area (TPSA) is 50.9 Å². The van der Waals surface area contributed by atoms with E-state index in [0.29, 0.717) is 17.9 Å². The first-order valence-corrected chi connectivity index (χ1v) is 4.45. The number of rotatable bonds is 4. The lowest BCUT2D eigenvalue weighted by Crippen LogP contribution is -2.21. The third kappa shape index (κ3) is 5.21. The average Bonchev–Trinajstić information content (AvgIpc) is 2.14. The van der Waals surface area contributed by atoms with E-state index in [1.165, 1.54) is 6.20 Å². The van der Waals surface area contributed by atoms with Crippen LogP contribution in [0.3, 0.4) is 0 Å². The molecular weight excluding hydrogens is 207 g/mol. The maximum Gasteiger partial charge on any atom is 0.390 e. The zero-order valence-corrected chi connectivity index (χ0v) is 8.01. The van der Waals surface area contributed by atoms with Crippen molar-refractivity contribution in [3.63, 3.8) is 0 Å². The van der Waals surface area contributed by atoms with Crippen molar-refractivity contribution in [2.75, 3.05) is 12.3 Å². The van der Waals surface area contributed by atoms with Crippen LogP contribution in [0.4, 0.5) is 18.9 Å². The maximum absolute atomic E-state index is 11.8. The van der Waals surface area contributed by atoms with Crippen LogP contribution in [0.2, 0.25) is 0 Å². The van der Waals surface area contributed by atoms with Crippen molar-refractivity contribution in [1.82, 2.24) is 10.3 Å². The van der Waals surface area contributed by atoms with Crippen LogP contribution in [0.25, 0.3) is 0 Å². The van der Waals surface area contributed by atoms with Crippen molar-refractivity contribution in [2.45, 2.75) is 19.1 Å². The highest BCUT2D eigenvalue weighted by Gasteiger charge is 2.25. The van der Waals surface area contributed by atoms with E-state index in [-0.39, 0.29) is 6.54 Å². The Morgan fingerprint density at radius 3 is 2.60 bits per heavy atom. The number of pyridine rings is 1. The fourth-order valence-electron chi connectivity index (χ4n) is 0.987. The number of nitrogen functional groups attached to an aromatic ring is 1. The van der Waals surface area contributed by atoms with E-state index >= 15 is 0 Å². The molecule has 0 aliphatic carbocycles. The second-order valence-corrected chi connectivity index (χ2v) is 3.12. The normalized spacial score (nSPS) is 11.7. The van der Waals surface area contributed by atoms with Crippen molar-refractivity contribution in [3.05, 3.63) is 24.0 Å². The largest absolute Gasteiger partial charge is 0.397 e. The first-order valence-electron chi connectivity index (χ1n) is 4.45. The van der Waals surface area contributed by atoms with Gasteiger partial charge in [-0.1, -0.05) is 0 Å². The minimum atomic E-state index is -4.11. The SMILES string of the molecule is Nc1ccc(CNCCC(F)(F)F)nc1. The summed E-state index contributed by atoms with van der Waals surface area (Å²) in [7, 11) is 0. The molecule has 84 valence electrons. The van der Waals surface area contributed by atoms with Gasteiger partial charge in [0.25, 0.3) is 0 Å². The van der Waals surface area contributed by atoms with Gasteiger partial charge in [0.05, 0.1) is 24.0 Å². The minimum Gasteiger partial charge on any atom is -0.397 e. The number of nitrogens with one attached hydrogen (secondary N) is 1. The average molecular weight is 219 g/mol. The van der Waals surface area contributed by atoms with Gasteiger partial charge in [0.2, 0.25) is 0 Å². The number of hydrogen-bond acceptors (Lipinski definition) is 3. The Bertz CT molecular complexity index is 294. The molecule has 0 atom stereocenters. The summed E-state index contributed by atoms with van der Waals surface area (Å²) in [6.07, 6.45) is -3.47. The van der Waals surface area contributed by atoms with E-state index in [1.807, 2.05) is 0 Å². The zero-order chi connectivity index (χ0) is 11.3. The highest BCUT2D eigenvalue weighted by Crippen LogP contribution is 2.18. The molecule has 15 heavy (non-hydrogen) atoms. The predicted octanol–water partition coefficient (Wildman–Crippen LogP) is 1.71. The van der Waals surface area contributed by atoms with Gasteiger partial charge in [-0.05, 0) is 12.1 Å². The maximum atomic E-state index is 11.8. The fourth-order valence-corrected chi connectivity index (χ4v) is 0.987. The smallest absolute Gasteiger partial charge is 0.390 e. The third-order valence-corrected chi connectivity index (χ3v) is 1.74. The summed E-state index contributed by atoms with van der Waals surface area (Å²) in [5, 5.41) is 2.65. The molecule has 3 nitrogen and oxygen atoms in total. The molecule has 0 saturated heterocycles. The summed E-state index contributed by atoms with van der Waals surface area (Å²) >= 11 is 0. The van der Waals surface area contributed by atoms with Crippen LogP contribution in [0.5, 0.6) is 0 Å². The van der Waals surface area contributed by atoms with Crippen molar-refractivity contribution < 1.29 is 13.2 Å². The molecular formula is C9H12F3N3. The van der Waals surface area contributed by atoms with Gasteiger partial charge in [-0.15, -0.1) is 0 Å². The number of hydrogen-bond donors (Lipinski definition) is 2. The van der Waals surface area contributed by atoms with Gasteiger partial charge in [0.1, 0.15) is 0 Å². The Morgan fingerprint density at radius 1 is 1.33 bits per heavy atom. The summed E-state index contributed by atoms with van der Waals surface area (Å²) in [6, 6.07) is 3.34. The molecule has 3 N–H and O–H groups in total. The summed E-state index contributed by atoms with van der Waals surface area (Å²) in [5.41, 5.74) is 6.62. The Balaban J connectivity index is 2.23. The van der Waals surface area contributed by atoms with E-state index in [1.54, 1.807) is 12.1 Å². The van der Waals surface area contributed by atoms with Crippen LogP contribution in [0.15, 0.2) is 18.3 Å². The molecule has 0 aliphatic rings. The summed E-state index contributed by atoms with van der Waals surface area (Å²) in [6.45, 7) is 0.214. The first kappa shape index (κ1) is 11.8. The summed E-state index contributed by atoms with van der Waals surface area (Å²) in [5.74, 6) is 0. The van der Waals surface area contributed by atoms with Crippen molar-refractivity contribution in [1.29, 1.82) is 0 Å². The molecule has 1 aromatic rings. The van der Waals surface area contributed by atoms with Gasteiger partial charge in [-0.3, -0.25) is 4.98 Å². The molecule has 1 rings (SSSR count). The Hall–Kier alpha value is -1.30. The molecule has 1 aromatic heterocycles. The number of nitrogens with zero attached hydrogens (tertiary/aromatic N) is 1. The zero-order valence-electron chi connectivity index (χ0n) is 8.01. The fraction of sp³-hybridized carbons (Fsp3) is 0.444. The van der Waals surface area contributed by atoms with Gasteiger partial charge in [-0.25, -0.2) is 0 Å². The Morgan fingerprint density at radius 2 is 2.07 bits per heavy atom. The van der Waals surface area contributed by atoms with E-state index in [0.717, 1.165) is 0 Å². The van der Waals surface area contributed by atoms with E-state index in [4.69, 9.17) is 5.73 Å². The molecule has 0 spiro atoms. The molecule has 0 unspecified atom stereocenters. The third-order valence-electron chi connectivity index (χ3n) is 1.74. The monoisotopic (exact) mass is 219 g/mol. The van der Waals surface area contributed by atoms with Gasteiger partial charge in [0.15, 0.2) is 0 Å². The van der Waals surface area contributed by atoms with Gasteiger partial charge in [-0.2, -0.15) is 13.2 Å². The Kier molecular flexibility index (Phi) is 3.90. The van der Waals surface area contributed by atoms with E-state index in [2.05, 4.69) is 10.3 Å². The minimum absolute atomic E-state index is 0.102. The van der Waals surface area contributed by atoms with Crippen LogP contribution < -0.4 is 11.1 Å². The van der Waals surface area contributed by atoms with Crippen molar-refractivity contribution in [3.8, 4) is 0 Å². The quantitative estimate of drug-likeness (QED) is 0.758. The summed E-state index contributed by atoms with van der Waals surface area (Å²) in [4.78, 5) is 3.94. The molecule has 6 heteroatoms. The number of halogens is 3. The number of anilines is 1. The van der Waals surface area contributed by atoms with Crippen molar-refractivity contribution >= 4 is 5.69 Å². The second-order valence-electron chi connectivity index (χ2n) is 3.12. The van der Waals surface area contributed by atoms with Crippen LogP contribution in [-0.2, 0) is 6.54 Å². The molecule has 0 saturated carbocycles. The van der Waals surface area contributed by atoms with E-state index < -0.39 is 12.6 Å². The number of aromatic nitrogens is 1. The number of nitrogens with two attached hydrogens (primary N) is 1. The molecule has 0 fully saturated rings. The molecule has 0 aromatic carbocycles. The van der Waals surface area contributed by atoms with Crippen molar-refractivity contribution in [2.24, 2.45) is 0 Å². The second kappa shape index (κ2) is 4.97. The lowest BCUT2D eigenvalue weighted by molar-refractivity contribution is -0.133. The van der Waals surface area contributed by atoms with Crippen LogP contribution in [0.1, 0.15) is 12.1 Å². The Labute approximate surface area is 85.5 Å². The molecule has 1 heterocycles. The predicted molar refractivity (Wildman–Crippen MR) is 51.0 cm³/mol.